The molecule has 0 atom stereocenters. The van der Waals surface area contributed by atoms with Crippen LogP contribution in [0, 0.1) is 0 Å². The van der Waals surface area contributed by atoms with Crippen LogP contribution in [0.2, 0.25) is 0 Å². The van der Waals surface area contributed by atoms with Crippen LogP contribution in [0.25, 0.3) is 11.3 Å². The molecule has 1 N–H and O–H groups in total. The Morgan fingerprint density at radius 1 is 1.12 bits per heavy atom. The number of aromatic amines is 1. The van der Waals surface area contributed by atoms with E-state index in [1.165, 1.54) is 0 Å². The lowest BCUT2D eigenvalue weighted by atomic mass is 10.2. The summed E-state index contributed by atoms with van der Waals surface area (Å²) in [6.45, 7) is 0. The number of H-pyrrole nitrogens is 1. The molecular formula is C13H12NO2-. The molecule has 3 heteroatoms. The molecule has 0 aliphatic rings. The summed E-state index contributed by atoms with van der Waals surface area (Å²) in [4.78, 5) is 13.5. The zero-order valence-electron chi connectivity index (χ0n) is 8.77. The molecule has 0 aliphatic carbocycles. The fraction of sp³-hybridized carbons (Fsp3) is 0.154. The van der Waals surface area contributed by atoms with Gasteiger partial charge < -0.3 is 14.9 Å². The van der Waals surface area contributed by atoms with Crippen molar-refractivity contribution in [2.24, 2.45) is 0 Å². The predicted octanol–water partition coefficient (Wildman–Crippen LogP) is 1.36. The summed E-state index contributed by atoms with van der Waals surface area (Å²) in [5, 5.41) is 10.3. The van der Waals surface area contributed by atoms with Crippen LogP contribution in [-0.2, 0) is 11.2 Å². The van der Waals surface area contributed by atoms with E-state index >= 15 is 0 Å². The van der Waals surface area contributed by atoms with Crippen LogP contribution < -0.4 is 5.11 Å². The largest absolute Gasteiger partial charge is 0.550 e. The van der Waals surface area contributed by atoms with E-state index in [1.807, 2.05) is 42.5 Å². The molecule has 3 nitrogen and oxygen atoms in total. The molecule has 16 heavy (non-hydrogen) atoms. The van der Waals surface area contributed by atoms with E-state index in [2.05, 4.69) is 4.98 Å². The van der Waals surface area contributed by atoms with Gasteiger partial charge >= 0.3 is 0 Å². The lowest BCUT2D eigenvalue weighted by Crippen LogP contribution is -2.22. The van der Waals surface area contributed by atoms with E-state index in [-0.39, 0.29) is 6.42 Å². The molecule has 1 aromatic heterocycles. The van der Waals surface area contributed by atoms with Crippen molar-refractivity contribution in [2.75, 3.05) is 0 Å². The fourth-order valence-corrected chi connectivity index (χ4v) is 1.61. The molecule has 0 aliphatic heterocycles. The van der Waals surface area contributed by atoms with Crippen molar-refractivity contribution in [2.45, 2.75) is 12.8 Å². The van der Waals surface area contributed by atoms with Gasteiger partial charge in [0, 0.05) is 17.4 Å². The van der Waals surface area contributed by atoms with E-state index in [0.717, 1.165) is 17.0 Å². The molecule has 0 bridgehead atoms. The van der Waals surface area contributed by atoms with Crippen LogP contribution in [-0.4, -0.2) is 11.0 Å². The summed E-state index contributed by atoms with van der Waals surface area (Å²) >= 11 is 0. The van der Waals surface area contributed by atoms with Gasteiger partial charge in [-0.25, -0.2) is 0 Å². The van der Waals surface area contributed by atoms with Crippen molar-refractivity contribution in [3.63, 3.8) is 0 Å². The third kappa shape index (κ3) is 2.51. The molecule has 82 valence electrons. The van der Waals surface area contributed by atoms with Gasteiger partial charge in [0.25, 0.3) is 0 Å². The number of aliphatic carboxylic acids is 1. The first-order valence-electron chi connectivity index (χ1n) is 5.19. The third-order valence-corrected chi connectivity index (χ3v) is 2.43. The van der Waals surface area contributed by atoms with Crippen molar-refractivity contribution in [1.82, 2.24) is 4.98 Å². The first-order valence-corrected chi connectivity index (χ1v) is 5.19. The minimum absolute atomic E-state index is 0.0503. The Morgan fingerprint density at radius 2 is 1.88 bits per heavy atom. The highest BCUT2D eigenvalue weighted by molar-refractivity contribution is 5.65. The molecule has 0 amide bonds. The molecule has 2 rings (SSSR count). The molecule has 0 unspecified atom stereocenters. The zero-order chi connectivity index (χ0) is 11.4. The summed E-state index contributed by atoms with van der Waals surface area (Å²) < 4.78 is 0. The number of carboxylic acid groups (broad SMARTS) is 1. The minimum atomic E-state index is -1.02. The number of carbonyl (C=O) groups excluding carboxylic acids is 1. The molecular weight excluding hydrogens is 202 g/mol. The second-order valence-electron chi connectivity index (χ2n) is 3.64. The van der Waals surface area contributed by atoms with Crippen molar-refractivity contribution < 1.29 is 9.90 Å². The molecule has 0 spiro atoms. The molecule has 0 fully saturated rings. The first kappa shape index (κ1) is 10.5. The summed E-state index contributed by atoms with van der Waals surface area (Å²) in [6, 6.07) is 13.8. The van der Waals surface area contributed by atoms with Gasteiger partial charge in [-0.15, -0.1) is 0 Å². The van der Waals surface area contributed by atoms with Gasteiger partial charge in [0.05, 0.1) is 0 Å². The highest BCUT2D eigenvalue weighted by atomic mass is 16.4. The predicted molar refractivity (Wildman–Crippen MR) is 59.6 cm³/mol. The van der Waals surface area contributed by atoms with E-state index < -0.39 is 5.97 Å². The highest BCUT2D eigenvalue weighted by Gasteiger charge is 2.00. The molecule has 0 saturated carbocycles. The average Bonchev–Trinajstić information content (AvgIpc) is 2.76. The Balaban J connectivity index is 2.11. The maximum atomic E-state index is 10.3. The second-order valence-corrected chi connectivity index (χ2v) is 3.64. The van der Waals surface area contributed by atoms with Crippen LogP contribution >= 0.6 is 0 Å². The van der Waals surface area contributed by atoms with Gasteiger partial charge in [-0.05, 0) is 30.5 Å². The number of carboxylic acids is 1. The monoisotopic (exact) mass is 214 g/mol. The number of benzene rings is 1. The number of aryl methyl sites for hydroxylation is 1. The zero-order valence-corrected chi connectivity index (χ0v) is 8.77. The van der Waals surface area contributed by atoms with Gasteiger partial charge in [0.1, 0.15) is 0 Å². The normalized spacial score (nSPS) is 10.2. The fourth-order valence-electron chi connectivity index (χ4n) is 1.61. The Labute approximate surface area is 93.7 Å². The third-order valence-electron chi connectivity index (χ3n) is 2.43. The van der Waals surface area contributed by atoms with E-state index in [1.54, 1.807) is 0 Å². The Hall–Kier alpha value is -2.03. The second kappa shape index (κ2) is 4.66. The van der Waals surface area contributed by atoms with Gasteiger partial charge in [-0.3, -0.25) is 0 Å². The highest BCUT2D eigenvalue weighted by Crippen LogP contribution is 2.18. The summed E-state index contributed by atoms with van der Waals surface area (Å²) in [5.74, 6) is -1.02. The number of rotatable bonds is 4. The SMILES string of the molecule is O=C([O-])CCc1ccc(-c2ccccc2)[nH]1. The summed E-state index contributed by atoms with van der Waals surface area (Å²) in [5.41, 5.74) is 3.03. The molecule has 0 saturated heterocycles. The van der Waals surface area contributed by atoms with Crippen molar-refractivity contribution in [3.8, 4) is 11.3 Å². The van der Waals surface area contributed by atoms with Gasteiger partial charge in [0.2, 0.25) is 0 Å². The Bertz CT molecular complexity index is 474. The molecule has 2 aromatic rings. The first-order chi connectivity index (χ1) is 7.75. The van der Waals surface area contributed by atoms with Crippen molar-refractivity contribution in [1.29, 1.82) is 0 Å². The number of hydrogen-bond acceptors (Lipinski definition) is 2. The van der Waals surface area contributed by atoms with Gasteiger partial charge in [-0.1, -0.05) is 30.3 Å². The number of aromatic nitrogens is 1. The van der Waals surface area contributed by atoms with E-state index in [9.17, 15) is 9.90 Å². The quantitative estimate of drug-likeness (QED) is 0.835. The lowest BCUT2D eigenvalue weighted by molar-refractivity contribution is -0.305. The Kier molecular flexibility index (Phi) is 3.05. The topological polar surface area (TPSA) is 55.9 Å². The van der Waals surface area contributed by atoms with Crippen LogP contribution in [0.3, 0.4) is 0 Å². The van der Waals surface area contributed by atoms with Crippen LogP contribution in [0.4, 0.5) is 0 Å². The summed E-state index contributed by atoms with van der Waals surface area (Å²) in [6.07, 6.45) is 0.532. The van der Waals surface area contributed by atoms with E-state index in [0.29, 0.717) is 6.42 Å². The lowest BCUT2D eigenvalue weighted by Gasteiger charge is -2.00. The van der Waals surface area contributed by atoms with Crippen LogP contribution in [0.1, 0.15) is 12.1 Å². The van der Waals surface area contributed by atoms with Gasteiger partial charge in [-0.2, -0.15) is 0 Å². The van der Waals surface area contributed by atoms with Crippen LogP contribution in [0.15, 0.2) is 42.5 Å². The minimum Gasteiger partial charge on any atom is -0.550 e. The summed E-state index contributed by atoms with van der Waals surface area (Å²) in [7, 11) is 0. The van der Waals surface area contributed by atoms with E-state index in [4.69, 9.17) is 0 Å². The molecule has 1 heterocycles. The standard InChI is InChI=1S/C13H13NO2/c15-13(16)9-7-11-6-8-12(14-11)10-4-2-1-3-5-10/h1-6,8,14H,7,9H2,(H,15,16)/p-1. The average molecular weight is 214 g/mol. The maximum Gasteiger partial charge on any atom is 0.0456 e. The smallest absolute Gasteiger partial charge is 0.0456 e. The molecule has 0 radical (unpaired) electrons. The number of hydrogen-bond donors (Lipinski definition) is 1. The number of nitrogens with one attached hydrogen (secondary N) is 1. The Morgan fingerprint density at radius 3 is 2.56 bits per heavy atom. The van der Waals surface area contributed by atoms with Gasteiger partial charge in [0.15, 0.2) is 0 Å². The number of carbonyl (C=O) groups is 1. The van der Waals surface area contributed by atoms with Crippen molar-refractivity contribution in [3.05, 3.63) is 48.2 Å². The maximum absolute atomic E-state index is 10.3. The van der Waals surface area contributed by atoms with Crippen LogP contribution in [0.5, 0.6) is 0 Å². The van der Waals surface area contributed by atoms with Crippen molar-refractivity contribution >= 4 is 5.97 Å². The molecule has 1 aromatic carbocycles.